The van der Waals surface area contributed by atoms with Crippen LogP contribution in [0.25, 0.3) is 11.1 Å². The molecule has 3 nitrogen and oxygen atoms in total. The molecule has 0 aromatic heterocycles. The van der Waals surface area contributed by atoms with E-state index in [0.29, 0.717) is 23.1 Å². The molecule has 2 aromatic rings. The second-order valence-electron chi connectivity index (χ2n) is 7.17. The van der Waals surface area contributed by atoms with E-state index >= 15 is 0 Å². The van der Waals surface area contributed by atoms with Crippen molar-refractivity contribution < 1.29 is 27.8 Å². The first-order valence-corrected chi connectivity index (χ1v) is 9.18. The second kappa shape index (κ2) is 8.86. The quantitative estimate of drug-likeness (QED) is 0.564. The number of hydrogen-bond donors (Lipinski definition) is 1. The monoisotopic (exact) mass is 414 g/mol. The Labute approximate surface area is 167 Å². The van der Waals surface area contributed by atoms with Gasteiger partial charge in [-0.3, -0.25) is 4.79 Å². The molecule has 28 heavy (non-hydrogen) atoms. The van der Waals surface area contributed by atoms with Crippen LogP contribution in [0.2, 0.25) is 5.02 Å². The molecule has 0 saturated carbocycles. The molecule has 2 rings (SSSR count). The number of benzene rings is 2. The van der Waals surface area contributed by atoms with E-state index < -0.39 is 24.7 Å². The molecular weight excluding hydrogens is 393 g/mol. The molecule has 0 fully saturated rings. The molecule has 1 atom stereocenters. The van der Waals surface area contributed by atoms with Gasteiger partial charge in [0.1, 0.15) is 5.75 Å². The molecule has 0 bridgehead atoms. The van der Waals surface area contributed by atoms with E-state index in [0.717, 1.165) is 5.56 Å². The van der Waals surface area contributed by atoms with Crippen molar-refractivity contribution in [1.29, 1.82) is 0 Å². The Hall–Kier alpha value is -2.21. The molecule has 2 aromatic carbocycles. The number of aryl methyl sites for hydroxylation is 1. The van der Waals surface area contributed by atoms with Gasteiger partial charge in [0.2, 0.25) is 0 Å². The van der Waals surface area contributed by atoms with E-state index in [1.165, 1.54) is 6.07 Å². The van der Waals surface area contributed by atoms with Gasteiger partial charge in [-0.15, -0.1) is 0 Å². The van der Waals surface area contributed by atoms with Crippen LogP contribution in [-0.4, -0.2) is 23.9 Å². The van der Waals surface area contributed by atoms with Crippen LogP contribution >= 0.6 is 11.6 Å². The van der Waals surface area contributed by atoms with Crippen molar-refractivity contribution in [1.82, 2.24) is 0 Å². The summed E-state index contributed by atoms with van der Waals surface area (Å²) in [5.41, 5.74) is 2.34. The highest BCUT2D eigenvalue weighted by atomic mass is 35.5. The smallest absolute Gasteiger partial charge is 0.422 e. The van der Waals surface area contributed by atoms with E-state index in [1.54, 1.807) is 18.2 Å². The van der Waals surface area contributed by atoms with Crippen LogP contribution in [0.1, 0.15) is 37.3 Å². The van der Waals surface area contributed by atoms with Gasteiger partial charge in [0, 0.05) is 5.56 Å². The highest BCUT2D eigenvalue weighted by Crippen LogP contribution is 2.41. The SMILES string of the molecule is Cc1ccc(-c2cc(C(CC(C)C)C(=O)O)cc(Cl)c2OCC(F)(F)F)cc1. The third-order valence-electron chi connectivity index (χ3n) is 4.22. The van der Waals surface area contributed by atoms with Gasteiger partial charge >= 0.3 is 12.1 Å². The van der Waals surface area contributed by atoms with E-state index in [2.05, 4.69) is 0 Å². The molecular formula is C21H22ClF3O3. The third-order valence-corrected chi connectivity index (χ3v) is 4.50. The average molecular weight is 415 g/mol. The minimum absolute atomic E-state index is 0.0488. The first-order valence-electron chi connectivity index (χ1n) is 8.80. The Morgan fingerprint density at radius 3 is 2.29 bits per heavy atom. The Bertz CT molecular complexity index is 830. The van der Waals surface area contributed by atoms with Crippen LogP contribution in [0.15, 0.2) is 36.4 Å². The van der Waals surface area contributed by atoms with Crippen LogP contribution in [0, 0.1) is 12.8 Å². The predicted molar refractivity (Wildman–Crippen MR) is 103 cm³/mol. The molecule has 0 saturated heterocycles. The highest BCUT2D eigenvalue weighted by molar-refractivity contribution is 6.32. The summed E-state index contributed by atoms with van der Waals surface area (Å²) in [6.45, 7) is 4.20. The Balaban J connectivity index is 2.59. The summed E-state index contributed by atoms with van der Waals surface area (Å²) < 4.78 is 43.0. The van der Waals surface area contributed by atoms with Gasteiger partial charge in [0.25, 0.3) is 0 Å². The zero-order valence-electron chi connectivity index (χ0n) is 15.8. The third kappa shape index (κ3) is 5.89. The van der Waals surface area contributed by atoms with E-state index in [4.69, 9.17) is 16.3 Å². The maximum Gasteiger partial charge on any atom is 0.422 e. The lowest BCUT2D eigenvalue weighted by atomic mass is 9.88. The maximum atomic E-state index is 12.7. The van der Waals surface area contributed by atoms with Crippen LogP contribution in [-0.2, 0) is 4.79 Å². The largest absolute Gasteiger partial charge is 0.482 e. The number of halogens is 4. The lowest BCUT2D eigenvalue weighted by Gasteiger charge is -2.20. The first kappa shape index (κ1) is 22.1. The Morgan fingerprint density at radius 1 is 1.18 bits per heavy atom. The van der Waals surface area contributed by atoms with Gasteiger partial charge in [0.05, 0.1) is 10.9 Å². The van der Waals surface area contributed by atoms with Crippen molar-refractivity contribution in [2.45, 2.75) is 39.3 Å². The van der Waals surface area contributed by atoms with Gasteiger partial charge < -0.3 is 9.84 Å². The minimum Gasteiger partial charge on any atom is -0.482 e. The standard InChI is InChI=1S/C21H22ClF3O3/c1-12(2)8-17(20(26)27)15-9-16(14-6-4-13(3)5-7-14)19(18(22)10-15)28-11-21(23,24)25/h4-7,9-10,12,17H,8,11H2,1-3H3,(H,26,27). The van der Waals surface area contributed by atoms with E-state index in [-0.39, 0.29) is 16.7 Å². The summed E-state index contributed by atoms with van der Waals surface area (Å²) in [6, 6.07) is 10.0. The fourth-order valence-corrected chi connectivity index (χ4v) is 3.20. The van der Waals surface area contributed by atoms with Crippen molar-refractivity contribution in [3.05, 3.63) is 52.5 Å². The van der Waals surface area contributed by atoms with Gasteiger partial charge in [-0.05, 0) is 42.5 Å². The Morgan fingerprint density at radius 2 is 1.79 bits per heavy atom. The van der Waals surface area contributed by atoms with Gasteiger partial charge in [0.15, 0.2) is 6.61 Å². The molecule has 0 aliphatic rings. The lowest BCUT2D eigenvalue weighted by Crippen LogP contribution is -2.20. The molecule has 0 radical (unpaired) electrons. The van der Waals surface area contributed by atoms with Crippen molar-refractivity contribution >= 4 is 17.6 Å². The summed E-state index contributed by atoms with van der Waals surface area (Å²) in [6.07, 6.45) is -4.14. The lowest BCUT2D eigenvalue weighted by molar-refractivity contribution is -0.153. The van der Waals surface area contributed by atoms with Gasteiger partial charge in [-0.2, -0.15) is 13.2 Å². The summed E-state index contributed by atoms with van der Waals surface area (Å²) in [4.78, 5) is 11.8. The molecule has 152 valence electrons. The van der Waals surface area contributed by atoms with Crippen molar-refractivity contribution in [2.24, 2.45) is 5.92 Å². The topological polar surface area (TPSA) is 46.5 Å². The van der Waals surface area contributed by atoms with Crippen molar-refractivity contribution in [3.8, 4) is 16.9 Å². The minimum atomic E-state index is -4.52. The summed E-state index contributed by atoms with van der Waals surface area (Å²) >= 11 is 6.24. The van der Waals surface area contributed by atoms with Crippen LogP contribution in [0.5, 0.6) is 5.75 Å². The number of ether oxygens (including phenoxy) is 1. The average Bonchev–Trinajstić information content (AvgIpc) is 2.57. The van der Waals surface area contributed by atoms with Crippen LogP contribution < -0.4 is 4.74 Å². The number of aliphatic carboxylic acids is 1. The van der Waals surface area contributed by atoms with Crippen LogP contribution in [0.3, 0.4) is 0 Å². The fraction of sp³-hybridized carbons (Fsp3) is 0.381. The van der Waals surface area contributed by atoms with Crippen molar-refractivity contribution in [3.63, 3.8) is 0 Å². The van der Waals surface area contributed by atoms with E-state index in [1.807, 2.05) is 32.9 Å². The molecule has 1 N–H and O–H groups in total. The molecule has 1 unspecified atom stereocenters. The second-order valence-corrected chi connectivity index (χ2v) is 7.58. The highest BCUT2D eigenvalue weighted by Gasteiger charge is 2.30. The summed E-state index contributed by atoms with van der Waals surface area (Å²) in [5, 5.41) is 9.57. The molecule has 0 aliphatic heterocycles. The maximum absolute atomic E-state index is 12.7. The predicted octanol–water partition coefficient (Wildman–Crippen LogP) is 6.47. The zero-order valence-corrected chi connectivity index (χ0v) is 16.6. The number of alkyl halides is 3. The molecule has 0 amide bonds. The van der Waals surface area contributed by atoms with Gasteiger partial charge in [-0.1, -0.05) is 55.3 Å². The summed E-state index contributed by atoms with van der Waals surface area (Å²) in [5.74, 6) is -1.83. The number of carbonyl (C=O) groups is 1. The molecule has 7 heteroatoms. The fourth-order valence-electron chi connectivity index (χ4n) is 2.91. The molecule has 0 spiro atoms. The van der Waals surface area contributed by atoms with E-state index in [9.17, 15) is 23.1 Å². The number of hydrogen-bond acceptors (Lipinski definition) is 2. The first-order chi connectivity index (χ1) is 13.0. The Kier molecular flexibility index (Phi) is 6.99. The number of rotatable bonds is 7. The van der Waals surface area contributed by atoms with Crippen molar-refractivity contribution in [2.75, 3.05) is 6.61 Å². The van der Waals surface area contributed by atoms with Gasteiger partial charge in [-0.25, -0.2) is 0 Å². The zero-order chi connectivity index (χ0) is 21.1. The van der Waals surface area contributed by atoms with Crippen LogP contribution in [0.4, 0.5) is 13.2 Å². The molecule has 0 aliphatic carbocycles. The normalized spacial score (nSPS) is 12.9. The number of carboxylic acids is 1. The summed E-state index contributed by atoms with van der Waals surface area (Å²) in [7, 11) is 0. The number of carboxylic acid groups (broad SMARTS) is 1. The molecule has 0 heterocycles.